The van der Waals surface area contributed by atoms with Crippen LogP contribution in [0.2, 0.25) is 0 Å². The monoisotopic (exact) mass is 204 g/mol. The second kappa shape index (κ2) is 4.47. The van der Waals surface area contributed by atoms with Gasteiger partial charge in [0.2, 0.25) is 0 Å². The number of ketones is 1. The van der Waals surface area contributed by atoms with Crippen molar-refractivity contribution in [1.82, 2.24) is 0 Å². The Bertz CT molecular complexity index is 336. The first-order valence-electron chi connectivity index (χ1n) is 5.59. The summed E-state index contributed by atoms with van der Waals surface area (Å²) in [5, 5.41) is 0. The highest BCUT2D eigenvalue weighted by Crippen LogP contribution is 2.25. The van der Waals surface area contributed by atoms with Gasteiger partial charge in [0.15, 0.2) is 5.78 Å². The third-order valence-electron chi connectivity index (χ3n) is 2.85. The Morgan fingerprint density at radius 3 is 2.47 bits per heavy atom. The summed E-state index contributed by atoms with van der Waals surface area (Å²) in [7, 11) is 0. The van der Waals surface area contributed by atoms with E-state index in [9.17, 15) is 4.79 Å². The average Bonchev–Trinajstić information content (AvgIpc) is 2.23. The molecule has 2 nitrogen and oxygen atoms in total. The number of carbonyl (C=O) groups excluding carboxylic acids is 1. The van der Waals surface area contributed by atoms with E-state index in [2.05, 4.69) is 0 Å². The van der Waals surface area contributed by atoms with E-state index in [4.69, 9.17) is 4.74 Å². The zero-order valence-corrected chi connectivity index (χ0v) is 9.03. The second-order valence-electron chi connectivity index (χ2n) is 3.97. The molecule has 0 unspecified atom stereocenters. The topological polar surface area (TPSA) is 26.3 Å². The van der Waals surface area contributed by atoms with Crippen LogP contribution in [-0.4, -0.2) is 11.9 Å². The zero-order valence-electron chi connectivity index (χ0n) is 9.03. The fourth-order valence-corrected chi connectivity index (χ4v) is 1.60. The van der Waals surface area contributed by atoms with E-state index >= 15 is 0 Å². The van der Waals surface area contributed by atoms with Crippen LogP contribution in [0.1, 0.15) is 43.0 Å². The molecular weight excluding hydrogens is 188 g/mol. The van der Waals surface area contributed by atoms with Crippen molar-refractivity contribution in [3.8, 4) is 5.75 Å². The molecule has 80 valence electrons. The van der Waals surface area contributed by atoms with Crippen LogP contribution >= 0.6 is 0 Å². The van der Waals surface area contributed by atoms with Crippen LogP contribution in [0.15, 0.2) is 24.3 Å². The maximum atomic E-state index is 11.4. The van der Waals surface area contributed by atoms with Gasteiger partial charge in [0, 0.05) is 12.0 Å². The molecule has 0 radical (unpaired) electrons. The molecule has 1 aromatic rings. The van der Waals surface area contributed by atoms with Gasteiger partial charge in [0.25, 0.3) is 0 Å². The predicted octanol–water partition coefficient (Wildman–Crippen LogP) is 3.21. The summed E-state index contributed by atoms with van der Waals surface area (Å²) in [6.45, 7) is 1.88. The summed E-state index contributed by atoms with van der Waals surface area (Å²) in [5.41, 5.74) is 0.776. The van der Waals surface area contributed by atoms with Crippen LogP contribution in [0.25, 0.3) is 0 Å². The molecule has 0 heterocycles. The fraction of sp³-hybridized carbons (Fsp3) is 0.462. The van der Waals surface area contributed by atoms with Crippen LogP contribution in [0.3, 0.4) is 0 Å². The van der Waals surface area contributed by atoms with Crippen molar-refractivity contribution in [2.24, 2.45) is 0 Å². The van der Waals surface area contributed by atoms with Crippen LogP contribution < -0.4 is 4.74 Å². The maximum Gasteiger partial charge on any atom is 0.162 e. The van der Waals surface area contributed by atoms with Gasteiger partial charge < -0.3 is 4.74 Å². The van der Waals surface area contributed by atoms with Crippen LogP contribution in [0.5, 0.6) is 5.75 Å². The molecule has 0 amide bonds. The lowest BCUT2D eigenvalue weighted by molar-refractivity contribution is 0.0988. The maximum absolute atomic E-state index is 11.4. The van der Waals surface area contributed by atoms with Crippen molar-refractivity contribution in [3.63, 3.8) is 0 Å². The molecule has 0 aliphatic heterocycles. The summed E-state index contributed by atoms with van der Waals surface area (Å²) < 4.78 is 5.71. The lowest BCUT2D eigenvalue weighted by Crippen LogP contribution is -2.24. The van der Waals surface area contributed by atoms with E-state index in [-0.39, 0.29) is 5.78 Å². The number of hydrogen-bond acceptors (Lipinski definition) is 2. The molecule has 2 heteroatoms. The highest BCUT2D eigenvalue weighted by molar-refractivity contribution is 5.95. The van der Waals surface area contributed by atoms with Gasteiger partial charge in [-0.15, -0.1) is 0 Å². The number of hydrogen-bond donors (Lipinski definition) is 0. The summed E-state index contributed by atoms with van der Waals surface area (Å²) in [5.74, 6) is 1.07. The van der Waals surface area contributed by atoms with Gasteiger partial charge in [0.05, 0.1) is 6.10 Å². The average molecular weight is 204 g/mol. The van der Waals surface area contributed by atoms with Crippen LogP contribution in [0.4, 0.5) is 0 Å². The van der Waals surface area contributed by atoms with Crippen LogP contribution in [0, 0.1) is 0 Å². The Hall–Kier alpha value is -1.31. The molecule has 2 rings (SSSR count). The molecule has 0 atom stereocenters. The molecule has 0 saturated heterocycles. The Morgan fingerprint density at radius 1 is 1.33 bits per heavy atom. The van der Waals surface area contributed by atoms with Gasteiger partial charge in [-0.1, -0.05) is 6.92 Å². The minimum atomic E-state index is 0.185. The summed E-state index contributed by atoms with van der Waals surface area (Å²) in [6.07, 6.45) is 4.56. The van der Waals surface area contributed by atoms with E-state index in [0.717, 1.165) is 24.2 Å². The van der Waals surface area contributed by atoms with Crippen molar-refractivity contribution in [2.75, 3.05) is 0 Å². The quantitative estimate of drug-likeness (QED) is 0.704. The third kappa shape index (κ3) is 2.38. The van der Waals surface area contributed by atoms with Crippen molar-refractivity contribution >= 4 is 5.78 Å². The lowest BCUT2D eigenvalue weighted by Gasteiger charge is -2.26. The van der Waals surface area contributed by atoms with Gasteiger partial charge in [-0.25, -0.2) is 0 Å². The molecule has 1 saturated carbocycles. The molecule has 1 aromatic carbocycles. The first-order valence-corrected chi connectivity index (χ1v) is 5.59. The molecule has 1 fully saturated rings. The molecule has 0 N–H and O–H groups in total. The van der Waals surface area contributed by atoms with Gasteiger partial charge in [-0.3, -0.25) is 4.79 Å². The predicted molar refractivity (Wildman–Crippen MR) is 59.3 cm³/mol. The van der Waals surface area contributed by atoms with Crippen molar-refractivity contribution in [2.45, 2.75) is 38.7 Å². The minimum absolute atomic E-state index is 0.185. The second-order valence-corrected chi connectivity index (χ2v) is 3.97. The largest absolute Gasteiger partial charge is 0.490 e. The molecule has 1 aliphatic carbocycles. The van der Waals surface area contributed by atoms with Crippen LogP contribution in [-0.2, 0) is 0 Å². The first kappa shape index (κ1) is 10.2. The molecule has 0 aromatic heterocycles. The number of benzene rings is 1. The van der Waals surface area contributed by atoms with E-state index < -0.39 is 0 Å². The first-order chi connectivity index (χ1) is 7.29. The molecular formula is C13H16O2. The smallest absolute Gasteiger partial charge is 0.162 e. The van der Waals surface area contributed by atoms with Crippen molar-refractivity contribution in [3.05, 3.63) is 29.8 Å². The SMILES string of the molecule is CCC(=O)c1ccc(OC2CCC2)cc1. The van der Waals surface area contributed by atoms with E-state index in [1.165, 1.54) is 6.42 Å². The van der Waals surface area contributed by atoms with E-state index in [1.54, 1.807) is 0 Å². The fourth-order valence-electron chi connectivity index (χ4n) is 1.60. The zero-order chi connectivity index (χ0) is 10.7. The summed E-state index contributed by atoms with van der Waals surface area (Å²) in [6, 6.07) is 7.47. The van der Waals surface area contributed by atoms with Gasteiger partial charge in [0.1, 0.15) is 5.75 Å². The standard InChI is InChI=1S/C13H16O2/c1-2-13(14)10-6-8-12(9-7-10)15-11-4-3-5-11/h6-9,11H,2-5H2,1H3. The van der Waals surface area contributed by atoms with Gasteiger partial charge in [-0.05, 0) is 43.5 Å². The molecule has 0 spiro atoms. The number of Topliss-reactive ketones (excluding diaryl/α,β-unsaturated/α-hetero) is 1. The highest BCUT2D eigenvalue weighted by atomic mass is 16.5. The third-order valence-corrected chi connectivity index (χ3v) is 2.85. The normalized spacial score (nSPS) is 15.8. The molecule has 15 heavy (non-hydrogen) atoms. The Morgan fingerprint density at radius 2 is 2.00 bits per heavy atom. The Labute approximate surface area is 90.3 Å². The van der Waals surface area contributed by atoms with E-state index in [1.807, 2.05) is 31.2 Å². The highest BCUT2D eigenvalue weighted by Gasteiger charge is 2.18. The lowest BCUT2D eigenvalue weighted by atomic mass is 9.96. The number of rotatable bonds is 4. The van der Waals surface area contributed by atoms with Crippen molar-refractivity contribution in [1.29, 1.82) is 0 Å². The van der Waals surface area contributed by atoms with Gasteiger partial charge in [-0.2, -0.15) is 0 Å². The Balaban J connectivity index is 1.99. The van der Waals surface area contributed by atoms with Gasteiger partial charge >= 0.3 is 0 Å². The number of ether oxygens (including phenoxy) is 1. The molecule has 0 bridgehead atoms. The summed E-state index contributed by atoms with van der Waals surface area (Å²) in [4.78, 5) is 11.4. The molecule has 1 aliphatic rings. The van der Waals surface area contributed by atoms with E-state index in [0.29, 0.717) is 12.5 Å². The number of carbonyl (C=O) groups is 1. The summed E-state index contributed by atoms with van der Waals surface area (Å²) >= 11 is 0. The minimum Gasteiger partial charge on any atom is -0.490 e. The Kier molecular flexibility index (Phi) is 3.05. The van der Waals surface area contributed by atoms with Crippen molar-refractivity contribution < 1.29 is 9.53 Å².